The second-order valence-electron chi connectivity index (χ2n) is 4.28. The summed E-state index contributed by atoms with van der Waals surface area (Å²) in [4.78, 5) is 2.09. The fraction of sp³-hybridized carbons (Fsp3) is 0.700. The third-order valence-corrected chi connectivity index (χ3v) is 3.07. The van der Waals surface area contributed by atoms with Gasteiger partial charge in [-0.05, 0) is 25.5 Å². The average Bonchev–Trinajstić information content (AvgIpc) is 2.86. The van der Waals surface area contributed by atoms with Crippen LogP contribution in [0.5, 0.6) is 0 Å². The fourth-order valence-electron chi connectivity index (χ4n) is 2.18. The molecule has 1 aliphatic rings. The van der Waals surface area contributed by atoms with Gasteiger partial charge in [-0.3, -0.25) is 10.00 Å². The fourth-order valence-corrected chi connectivity index (χ4v) is 2.18. The summed E-state index contributed by atoms with van der Waals surface area (Å²) in [5, 5.41) is 5.70. The predicted octanol–water partition coefficient (Wildman–Crippen LogP) is 1.35. The molecule has 1 aromatic heterocycles. The summed E-state index contributed by atoms with van der Waals surface area (Å²) in [6.07, 6.45) is -2.33. The zero-order valence-corrected chi connectivity index (χ0v) is 9.30. The minimum atomic E-state index is -4.38. The van der Waals surface area contributed by atoms with E-state index < -0.39 is 11.9 Å². The molecule has 17 heavy (non-hydrogen) atoms. The molecule has 0 radical (unpaired) electrons. The molecule has 1 fully saturated rings. The first kappa shape index (κ1) is 12.4. The Kier molecular flexibility index (Phi) is 3.39. The number of halogens is 3. The highest BCUT2D eigenvalue weighted by molar-refractivity contribution is 5.11. The molecule has 2 rings (SSSR count). The van der Waals surface area contributed by atoms with Crippen molar-refractivity contribution in [3.8, 4) is 0 Å². The van der Waals surface area contributed by atoms with Crippen molar-refractivity contribution >= 4 is 0 Å². The number of H-pyrrole nitrogens is 1. The number of hydrogen-bond donors (Lipinski definition) is 2. The van der Waals surface area contributed by atoms with Gasteiger partial charge in [0.25, 0.3) is 0 Å². The molecule has 1 unspecified atom stereocenters. The highest BCUT2D eigenvalue weighted by atomic mass is 19.4. The van der Waals surface area contributed by atoms with Gasteiger partial charge in [-0.1, -0.05) is 0 Å². The van der Waals surface area contributed by atoms with Crippen LogP contribution in [0, 0.1) is 0 Å². The van der Waals surface area contributed by atoms with Crippen molar-refractivity contribution < 1.29 is 13.2 Å². The van der Waals surface area contributed by atoms with Crippen molar-refractivity contribution in [1.82, 2.24) is 15.1 Å². The minimum absolute atomic E-state index is 0.271. The third-order valence-electron chi connectivity index (χ3n) is 3.07. The SMILES string of the molecule is NCC1CCCN1Cc1cc(C(F)(F)F)n[nH]1. The molecule has 0 saturated carbocycles. The van der Waals surface area contributed by atoms with Crippen molar-refractivity contribution in [3.63, 3.8) is 0 Å². The van der Waals surface area contributed by atoms with Gasteiger partial charge in [0.1, 0.15) is 0 Å². The molecular formula is C10H15F3N4. The van der Waals surface area contributed by atoms with E-state index in [1.54, 1.807) is 0 Å². The molecule has 1 saturated heterocycles. The second kappa shape index (κ2) is 4.66. The maximum atomic E-state index is 12.3. The highest BCUT2D eigenvalue weighted by Gasteiger charge is 2.34. The molecule has 0 bridgehead atoms. The molecule has 0 spiro atoms. The van der Waals surface area contributed by atoms with Crippen LogP contribution >= 0.6 is 0 Å². The minimum Gasteiger partial charge on any atom is -0.329 e. The van der Waals surface area contributed by atoms with Crippen LogP contribution in [0.25, 0.3) is 0 Å². The van der Waals surface area contributed by atoms with Crippen LogP contribution in [0.1, 0.15) is 24.2 Å². The lowest BCUT2D eigenvalue weighted by molar-refractivity contribution is -0.141. The van der Waals surface area contributed by atoms with E-state index in [1.165, 1.54) is 0 Å². The number of alkyl halides is 3. The molecule has 4 nitrogen and oxygen atoms in total. The summed E-state index contributed by atoms with van der Waals surface area (Å²) in [6.45, 7) is 1.87. The van der Waals surface area contributed by atoms with Gasteiger partial charge in [0.15, 0.2) is 5.69 Å². The van der Waals surface area contributed by atoms with E-state index in [1.807, 2.05) is 0 Å². The summed E-state index contributed by atoms with van der Waals surface area (Å²) in [5.74, 6) is 0. The molecule has 7 heteroatoms. The standard InChI is InChI=1S/C10H15F3N4/c11-10(12,13)9-4-7(15-16-9)6-17-3-1-2-8(17)5-14/h4,8H,1-3,5-6,14H2,(H,15,16). The molecule has 1 atom stereocenters. The van der Waals surface area contributed by atoms with Crippen LogP contribution in [0.15, 0.2) is 6.07 Å². The molecule has 0 aromatic carbocycles. The normalized spacial score (nSPS) is 22.2. The summed E-state index contributed by atoms with van der Waals surface area (Å²) >= 11 is 0. The second-order valence-corrected chi connectivity index (χ2v) is 4.28. The molecule has 3 N–H and O–H groups in total. The van der Waals surface area contributed by atoms with Crippen LogP contribution in [-0.4, -0.2) is 34.2 Å². The van der Waals surface area contributed by atoms with Gasteiger partial charge in [0, 0.05) is 24.8 Å². The van der Waals surface area contributed by atoms with Crippen molar-refractivity contribution in [3.05, 3.63) is 17.5 Å². The Labute approximate surface area is 97.0 Å². The van der Waals surface area contributed by atoms with E-state index in [9.17, 15) is 13.2 Å². The van der Waals surface area contributed by atoms with Crippen LogP contribution < -0.4 is 5.73 Å². The van der Waals surface area contributed by atoms with E-state index >= 15 is 0 Å². The Morgan fingerprint density at radius 3 is 2.88 bits per heavy atom. The lowest BCUT2D eigenvalue weighted by Crippen LogP contribution is -2.34. The quantitative estimate of drug-likeness (QED) is 0.849. The first-order valence-corrected chi connectivity index (χ1v) is 5.56. The maximum absolute atomic E-state index is 12.3. The van der Waals surface area contributed by atoms with Crippen molar-refractivity contribution in [2.45, 2.75) is 31.6 Å². The van der Waals surface area contributed by atoms with Crippen LogP contribution in [0.4, 0.5) is 13.2 Å². The van der Waals surface area contributed by atoms with E-state index in [4.69, 9.17) is 5.73 Å². The van der Waals surface area contributed by atoms with Crippen LogP contribution in [-0.2, 0) is 12.7 Å². The molecule has 0 aliphatic carbocycles. The molecule has 96 valence electrons. The molecule has 1 aliphatic heterocycles. The Bertz CT molecular complexity index is 374. The molecular weight excluding hydrogens is 233 g/mol. The van der Waals surface area contributed by atoms with Gasteiger partial charge >= 0.3 is 6.18 Å². The number of nitrogens with one attached hydrogen (secondary N) is 1. The van der Waals surface area contributed by atoms with Gasteiger partial charge in [-0.25, -0.2) is 0 Å². The summed E-state index contributed by atoms with van der Waals surface area (Å²) < 4.78 is 37.0. The van der Waals surface area contributed by atoms with Crippen molar-refractivity contribution in [2.75, 3.05) is 13.1 Å². The monoisotopic (exact) mass is 248 g/mol. The van der Waals surface area contributed by atoms with E-state index in [-0.39, 0.29) is 6.04 Å². The van der Waals surface area contributed by atoms with E-state index in [0.717, 1.165) is 25.5 Å². The predicted molar refractivity (Wildman–Crippen MR) is 56.1 cm³/mol. The largest absolute Gasteiger partial charge is 0.435 e. The maximum Gasteiger partial charge on any atom is 0.435 e. The Balaban J connectivity index is 2.02. The molecule has 2 heterocycles. The smallest absolute Gasteiger partial charge is 0.329 e. The Hall–Kier alpha value is -1.08. The first-order chi connectivity index (χ1) is 8.00. The van der Waals surface area contributed by atoms with Crippen molar-refractivity contribution in [2.24, 2.45) is 5.73 Å². The number of likely N-dealkylation sites (tertiary alicyclic amines) is 1. The zero-order valence-electron chi connectivity index (χ0n) is 9.30. The van der Waals surface area contributed by atoms with Crippen LogP contribution in [0.3, 0.4) is 0 Å². The van der Waals surface area contributed by atoms with Gasteiger partial charge in [-0.15, -0.1) is 0 Å². The highest BCUT2D eigenvalue weighted by Crippen LogP contribution is 2.28. The molecule has 1 aromatic rings. The first-order valence-electron chi connectivity index (χ1n) is 5.56. The number of rotatable bonds is 3. The van der Waals surface area contributed by atoms with Gasteiger partial charge < -0.3 is 5.73 Å². The van der Waals surface area contributed by atoms with Crippen LogP contribution in [0.2, 0.25) is 0 Å². The van der Waals surface area contributed by atoms with E-state index in [2.05, 4.69) is 15.1 Å². The summed E-state index contributed by atoms with van der Waals surface area (Å²) in [6, 6.07) is 1.33. The molecule has 0 amide bonds. The average molecular weight is 248 g/mol. The van der Waals surface area contributed by atoms with E-state index in [0.29, 0.717) is 18.8 Å². The summed E-state index contributed by atoms with van der Waals surface area (Å²) in [7, 11) is 0. The third kappa shape index (κ3) is 2.78. The number of nitrogens with two attached hydrogens (primary N) is 1. The topological polar surface area (TPSA) is 57.9 Å². The Morgan fingerprint density at radius 2 is 2.29 bits per heavy atom. The Morgan fingerprint density at radius 1 is 1.53 bits per heavy atom. The summed E-state index contributed by atoms with van der Waals surface area (Å²) in [5.41, 5.74) is 5.22. The number of aromatic amines is 1. The number of hydrogen-bond acceptors (Lipinski definition) is 3. The lowest BCUT2D eigenvalue weighted by atomic mass is 10.2. The van der Waals surface area contributed by atoms with Gasteiger partial charge in [0.05, 0.1) is 0 Å². The number of aromatic nitrogens is 2. The number of nitrogens with zero attached hydrogens (tertiary/aromatic N) is 2. The van der Waals surface area contributed by atoms with Gasteiger partial charge in [0.2, 0.25) is 0 Å². The lowest BCUT2D eigenvalue weighted by Gasteiger charge is -2.21. The zero-order chi connectivity index (χ0) is 12.5. The van der Waals surface area contributed by atoms with Gasteiger partial charge in [-0.2, -0.15) is 18.3 Å². The van der Waals surface area contributed by atoms with Crippen molar-refractivity contribution in [1.29, 1.82) is 0 Å².